The Morgan fingerprint density at radius 2 is 1.34 bits per heavy atom. The summed E-state index contributed by atoms with van der Waals surface area (Å²) in [5, 5.41) is 0. The number of ether oxygens (including phenoxy) is 3. The summed E-state index contributed by atoms with van der Waals surface area (Å²) in [5.74, 6) is 2.47. The molecule has 0 fully saturated rings. The van der Waals surface area contributed by atoms with Crippen LogP contribution < -0.4 is 14.2 Å². The van der Waals surface area contributed by atoms with Crippen molar-refractivity contribution in [3.05, 3.63) is 125 Å². The molecule has 1 aliphatic heterocycles. The lowest BCUT2D eigenvalue weighted by atomic mass is 9.97. The first-order chi connectivity index (χ1) is 17.2. The van der Waals surface area contributed by atoms with Crippen molar-refractivity contribution in [2.45, 2.75) is 32.2 Å². The molecule has 35 heavy (non-hydrogen) atoms. The highest BCUT2D eigenvalue weighted by Gasteiger charge is 2.29. The van der Waals surface area contributed by atoms with Gasteiger partial charge in [0.15, 0.2) is 11.5 Å². The van der Waals surface area contributed by atoms with E-state index < -0.39 is 0 Å². The van der Waals surface area contributed by atoms with E-state index in [0.29, 0.717) is 13.2 Å². The highest BCUT2D eigenvalue weighted by molar-refractivity contribution is 5.50. The number of hydrogen-bond acceptors (Lipinski definition) is 4. The van der Waals surface area contributed by atoms with Crippen molar-refractivity contribution in [1.29, 1.82) is 0 Å². The summed E-state index contributed by atoms with van der Waals surface area (Å²) in [4.78, 5) is 2.39. The van der Waals surface area contributed by atoms with Crippen LogP contribution in [0.1, 0.15) is 33.9 Å². The lowest BCUT2D eigenvalue weighted by molar-refractivity contribution is 0.265. The Balaban J connectivity index is 1.28. The van der Waals surface area contributed by atoms with Gasteiger partial charge < -0.3 is 14.2 Å². The Morgan fingerprint density at radius 3 is 1.97 bits per heavy atom. The number of rotatable bonds is 9. The summed E-state index contributed by atoms with van der Waals surface area (Å²) >= 11 is 0. The zero-order valence-corrected chi connectivity index (χ0v) is 20.3. The summed E-state index contributed by atoms with van der Waals surface area (Å²) in [6.07, 6.45) is 0.924. The van der Waals surface area contributed by atoms with E-state index in [1.807, 2.05) is 36.4 Å². The third-order valence-corrected chi connectivity index (χ3v) is 6.57. The first-order valence-electron chi connectivity index (χ1n) is 12.0. The number of benzene rings is 4. The number of methoxy groups -OCH3 is 1. The van der Waals surface area contributed by atoms with Gasteiger partial charge in [0.05, 0.1) is 7.11 Å². The molecule has 0 saturated heterocycles. The molecule has 0 N–H and O–H groups in total. The summed E-state index contributed by atoms with van der Waals surface area (Å²) in [7, 11) is 3.88. The van der Waals surface area contributed by atoms with E-state index in [4.69, 9.17) is 14.2 Å². The Kier molecular flexibility index (Phi) is 7.01. The van der Waals surface area contributed by atoms with Gasteiger partial charge in [0.2, 0.25) is 0 Å². The second kappa shape index (κ2) is 10.7. The van der Waals surface area contributed by atoms with E-state index in [1.165, 1.54) is 22.3 Å². The fraction of sp³-hybridized carbons (Fsp3) is 0.226. The molecular formula is C31H31NO3. The van der Waals surface area contributed by atoms with Crippen LogP contribution in [0.2, 0.25) is 0 Å². The molecule has 0 spiro atoms. The van der Waals surface area contributed by atoms with Crippen LogP contribution in [0.25, 0.3) is 0 Å². The molecular weight excluding hydrogens is 434 g/mol. The highest BCUT2D eigenvalue weighted by atomic mass is 16.5. The van der Waals surface area contributed by atoms with Crippen molar-refractivity contribution in [2.75, 3.05) is 14.2 Å². The maximum absolute atomic E-state index is 6.19. The molecule has 1 atom stereocenters. The number of fused-ring (bicyclic) bond motifs is 1. The average Bonchev–Trinajstić information content (AvgIpc) is 3.21. The summed E-state index contributed by atoms with van der Waals surface area (Å²) < 4.78 is 17.8. The molecule has 1 heterocycles. The van der Waals surface area contributed by atoms with Gasteiger partial charge in [0.25, 0.3) is 0 Å². The van der Waals surface area contributed by atoms with E-state index in [2.05, 4.69) is 72.6 Å². The Bertz CT molecular complexity index is 1240. The smallest absolute Gasteiger partial charge is 0.162 e. The topological polar surface area (TPSA) is 30.9 Å². The molecule has 0 aromatic heterocycles. The van der Waals surface area contributed by atoms with Crippen LogP contribution in [0, 0.1) is 0 Å². The normalized spacial score (nSPS) is 15.0. The predicted molar refractivity (Wildman–Crippen MR) is 139 cm³/mol. The van der Waals surface area contributed by atoms with Crippen LogP contribution in [-0.4, -0.2) is 19.1 Å². The second-order valence-corrected chi connectivity index (χ2v) is 9.03. The fourth-order valence-corrected chi connectivity index (χ4v) is 4.64. The van der Waals surface area contributed by atoms with Crippen LogP contribution in [0.15, 0.2) is 97.1 Å². The summed E-state index contributed by atoms with van der Waals surface area (Å²) in [6.45, 7) is 1.99. The zero-order valence-electron chi connectivity index (χ0n) is 20.3. The predicted octanol–water partition coefficient (Wildman–Crippen LogP) is 6.58. The Morgan fingerprint density at radius 1 is 0.714 bits per heavy atom. The van der Waals surface area contributed by atoms with Gasteiger partial charge in [-0.25, -0.2) is 0 Å². The van der Waals surface area contributed by atoms with Crippen molar-refractivity contribution in [3.8, 4) is 17.2 Å². The van der Waals surface area contributed by atoms with Crippen molar-refractivity contribution in [2.24, 2.45) is 0 Å². The van der Waals surface area contributed by atoms with E-state index >= 15 is 0 Å². The molecule has 178 valence electrons. The zero-order chi connectivity index (χ0) is 24.0. The van der Waals surface area contributed by atoms with E-state index in [0.717, 1.165) is 35.8 Å². The molecule has 4 aromatic rings. The minimum absolute atomic E-state index is 0.283. The molecule has 5 rings (SSSR count). The Hall–Kier alpha value is -3.76. The molecule has 4 nitrogen and oxygen atoms in total. The summed E-state index contributed by atoms with van der Waals surface area (Å²) in [6, 6.07) is 33.5. The molecule has 0 saturated carbocycles. The first-order valence-corrected chi connectivity index (χ1v) is 12.0. The van der Waals surface area contributed by atoms with Crippen molar-refractivity contribution in [3.63, 3.8) is 0 Å². The van der Waals surface area contributed by atoms with Gasteiger partial charge in [0.1, 0.15) is 19.0 Å². The van der Waals surface area contributed by atoms with Crippen LogP contribution in [0.3, 0.4) is 0 Å². The van der Waals surface area contributed by atoms with Gasteiger partial charge in [-0.1, -0.05) is 72.8 Å². The van der Waals surface area contributed by atoms with E-state index in [1.54, 1.807) is 7.11 Å². The third-order valence-electron chi connectivity index (χ3n) is 6.57. The average molecular weight is 466 g/mol. The van der Waals surface area contributed by atoms with Crippen molar-refractivity contribution in [1.82, 2.24) is 4.90 Å². The summed E-state index contributed by atoms with van der Waals surface area (Å²) in [5.41, 5.74) is 6.19. The van der Waals surface area contributed by atoms with Gasteiger partial charge in [-0.2, -0.15) is 0 Å². The largest absolute Gasteiger partial charge is 0.493 e. The van der Waals surface area contributed by atoms with Crippen LogP contribution in [-0.2, 0) is 26.2 Å². The van der Waals surface area contributed by atoms with Crippen LogP contribution in [0.5, 0.6) is 17.2 Å². The van der Waals surface area contributed by atoms with Gasteiger partial charge in [-0.15, -0.1) is 0 Å². The maximum atomic E-state index is 6.19. The second-order valence-electron chi connectivity index (χ2n) is 9.03. The number of likely N-dealkylation sites (N-methyl/N-ethyl adjacent to an activating group) is 1. The van der Waals surface area contributed by atoms with Crippen LogP contribution in [0.4, 0.5) is 0 Å². The quantitative estimate of drug-likeness (QED) is 0.279. The minimum Gasteiger partial charge on any atom is -0.493 e. The molecule has 1 aliphatic rings. The SMILES string of the molecule is COc1cc2c(cc1OCc1ccccc1)[C@H](Cc1ccc(OCc3ccccc3)cc1)N(C)C2. The lowest BCUT2D eigenvalue weighted by Gasteiger charge is -2.21. The molecule has 0 aliphatic carbocycles. The van der Waals surface area contributed by atoms with Crippen molar-refractivity contribution < 1.29 is 14.2 Å². The van der Waals surface area contributed by atoms with E-state index in [9.17, 15) is 0 Å². The maximum Gasteiger partial charge on any atom is 0.162 e. The van der Waals surface area contributed by atoms with Gasteiger partial charge in [-0.05, 0) is 65.6 Å². The monoisotopic (exact) mass is 465 g/mol. The third kappa shape index (κ3) is 5.50. The van der Waals surface area contributed by atoms with Crippen molar-refractivity contribution >= 4 is 0 Å². The Labute approximate surface area is 207 Å². The van der Waals surface area contributed by atoms with E-state index in [-0.39, 0.29) is 6.04 Å². The standard InChI is InChI=1S/C31H31NO3/c1-32-20-26-18-30(33-2)31(35-22-25-11-7-4-8-12-25)19-28(26)29(32)17-23-13-15-27(16-14-23)34-21-24-9-5-3-6-10-24/h3-16,18-19,29H,17,20-22H2,1-2H3/t29-/m0/s1. The molecule has 0 amide bonds. The molecule has 4 heteroatoms. The lowest BCUT2D eigenvalue weighted by Crippen LogP contribution is -2.18. The molecule has 0 radical (unpaired) electrons. The fourth-order valence-electron chi connectivity index (χ4n) is 4.64. The molecule has 0 unspecified atom stereocenters. The van der Waals surface area contributed by atoms with Gasteiger partial charge >= 0.3 is 0 Å². The number of nitrogens with zero attached hydrogens (tertiary/aromatic N) is 1. The first kappa shape index (κ1) is 23.0. The number of hydrogen-bond donors (Lipinski definition) is 0. The van der Waals surface area contributed by atoms with Gasteiger partial charge in [0, 0.05) is 12.6 Å². The molecule has 4 aromatic carbocycles. The van der Waals surface area contributed by atoms with Crippen LogP contribution >= 0.6 is 0 Å². The highest BCUT2D eigenvalue weighted by Crippen LogP contribution is 2.41. The molecule has 0 bridgehead atoms. The van der Waals surface area contributed by atoms with Gasteiger partial charge in [-0.3, -0.25) is 4.90 Å². The minimum atomic E-state index is 0.283.